The van der Waals surface area contributed by atoms with Crippen molar-refractivity contribution in [3.8, 4) is 0 Å². The molecule has 0 saturated carbocycles. The van der Waals surface area contributed by atoms with E-state index in [1.165, 1.54) is 0 Å². The quantitative estimate of drug-likeness (QED) is 0.175. The van der Waals surface area contributed by atoms with Gasteiger partial charge in [-0.1, -0.05) is 100 Å². The number of alkyl halides is 1. The Morgan fingerprint density at radius 1 is 0.659 bits per heavy atom. The van der Waals surface area contributed by atoms with Crippen molar-refractivity contribution in [1.29, 1.82) is 0 Å². The predicted molar refractivity (Wildman–Crippen MR) is 168 cm³/mol. The van der Waals surface area contributed by atoms with E-state index in [-0.39, 0.29) is 25.1 Å². The second kappa shape index (κ2) is 14.5. The summed E-state index contributed by atoms with van der Waals surface area (Å²) < 4.78 is 6.45. The molecule has 5 rings (SSSR count). The third-order valence-electron chi connectivity index (χ3n) is 6.49. The van der Waals surface area contributed by atoms with E-state index in [1.807, 2.05) is 90.0 Å². The van der Waals surface area contributed by atoms with E-state index in [0.29, 0.717) is 30.9 Å². The van der Waals surface area contributed by atoms with Gasteiger partial charge in [-0.2, -0.15) is 0 Å². The summed E-state index contributed by atoms with van der Waals surface area (Å²) in [5.74, 6) is 0.624. The van der Waals surface area contributed by atoms with Gasteiger partial charge in [0, 0.05) is 36.2 Å². The lowest BCUT2D eigenvalue weighted by atomic mass is 9.96. The van der Waals surface area contributed by atoms with Crippen molar-refractivity contribution in [3.63, 3.8) is 0 Å². The van der Waals surface area contributed by atoms with Gasteiger partial charge < -0.3 is 17.1 Å². The van der Waals surface area contributed by atoms with Crippen LogP contribution in [0.2, 0.25) is 25.1 Å². The van der Waals surface area contributed by atoms with Crippen molar-refractivity contribution < 1.29 is 17.1 Å². The Hall–Kier alpha value is -1.92. The smallest absolute Gasteiger partial charge is 0.320 e. The number of benzene rings is 4. The average Bonchev–Trinajstić information content (AvgIpc) is 3.42. The molecule has 3 nitrogen and oxygen atoms in total. The molecule has 41 heavy (non-hydrogen) atoms. The fourth-order valence-electron chi connectivity index (χ4n) is 4.52. The lowest BCUT2D eigenvalue weighted by Crippen LogP contribution is -3.00. The third kappa shape index (κ3) is 7.73. The fourth-order valence-corrected chi connectivity index (χ4v) is 5.74. The molecule has 0 aliphatic carbocycles. The van der Waals surface area contributed by atoms with Gasteiger partial charge in [-0.05, 0) is 64.7 Å². The molecule has 2 atom stereocenters. The van der Waals surface area contributed by atoms with Crippen molar-refractivity contribution in [2.45, 2.75) is 24.1 Å². The highest BCUT2D eigenvalue weighted by Crippen LogP contribution is 2.37. The zero-order valence-corrected chi connectivity index (χ0v) is 26.5. The molecule has 0 spiro atoms. The van der Waals surface area contributed by atoms with Crippen LogP contribution in [0.5, 0.6) is 0 Å². The molecule has 1 aliphatic heterocycles. The van der Waals surface area contributed by atoms with Crippen LogP contribution in [0.25, 0.3) is 0 Å². The molecule has 4 aromatic rings. The third-order valence-corrected chi connectivity index (χ3v) is 8.26. The Bertz CT molecular complexity index is 1480. The topological polar surface area (TPSA) is 26.6 Å². The molecule has 0 saturated heterocycles. The Morgan fingerprint density at radius 3 is 1.66 bits per heavy atom. The Balaban J connectivity index is 0.00000387. The largest absolute Gasteiger partial charge is 1.00 e. The summed E-state index contributed by atoms with van der Waals surface area (Å²) in [5, 5.41) is 2.30. The van der Waals surface area contributed by atoms with Crippen LogP contribution in [0.1, 0.15) is 34.4 Å². The molecule has 0 N–H and O–H groups in total. The Morgan fingerprint density at radius 2 is 1.15 bits per heavy atom. The fraction of sp³-hybridized carbons (Fsp3) is 0.129. The highest BCUT2D eigenvalue weighted by Gasteiger charge is 2.43. The maximum atomic E-state index is 7.26. The number of halogens is 7. The van der Waals surface area contributed by atoms with Gasteiger partial charge in [0.05, 0.1) is 6.61 Å². The Kier molecular flexibility index (Phi) is 11.3. The number of hydrogen-bond acceptors (Lipinski definition) is 3. The van der Waals surface area contributed by atoms with Gasteiger partial charge in [0.1, 0.15) is 12.3 Å². The van der Waals surface area contributed by atoms with Crippen molar-refractivity contribution in [1.82, 2.24) is 9.89 Å². The van der Waals surface area contributed by atoms with Crippen LogP contribution in [-0.4, -0.2) is 16.1 Å². The first-order chi connectivity index (χ1) is 19.3. The molecular weight excluding hydrogens is 665 g/mol. The molecule has 1 radical (unpaired) electrons. The van der Waals surface area contributed by atoms with Gasteiger partial charge >= 0.3 is 5.84 Å². The monoisotopic (exact) mass is 683 g/mol. The number of hydrogen-bond donors (Lipinski definition) is 0. The van der Waals surface area contributed by atoms with E-state index < -0.39 is 11.5 Å². The zero-order valence-electron chi connectivity index (χ0n) is 21.2. The minimum atomic E-state index is -0.677. The number of ether oxygens (including phenoxy) is 1. The minimum absolute atomic E-state index is 0. The van der Waals surface area contributed by atoms with Crippen molar-refractivity contribution in [3.05, 3.63) is 151 Å². The van der Waals surface area contributed by atoms with E-state index in [2.05, 4.69) is 0 Å². The zero-order chi connectivity index (χ0) is 28.2. The summed E-state index contributed by atoms with van der Waals surface area (Å²) in [6.07, 6.45) is 3.06. The first kappa shape index (κ1) is 32.0. The van der Waals surface area contributed by atoms with E-state index in [0.717, 1.165) is 22.3 Å². The maximum Gasteiger partial charge on any atom is 0.320 e. The molecule has 2 unspecified atom stereocenters. The molecule has 0 bridgehead atoms. The number of nitrogens with zero attached hydrogens (tertiary/aromatic N) is 2. The molecular formula is C31H22Cl7N2O. The van der Waals surface area contributed by atoms with E-state index in [9.17, 15) is 0 Å². The normalized spacial score (nSPS) is 14.1. The standard InChI is InChI=1S/C31H22Cl6N2O.ClH/c32-23-8-1-19(2-9-23)29(20-3-10-24(33)11-4-20)39-16-15-38-31(39)28(37)30(21-5-12-25(34)13-6-21)40-18-22-7-14-26(35)17-27(22)36;/h1-17,28-30H,18H2;1H/q+1;/p-1. The van der Waals surface area contributed by atoms with E-state index >= 15 is 0 Å². The molecule has 10 heteroatoms. The van der Waals surface area contributed by atoms with Crippen LogP contribution in [-0.2, 0) is 11.3 Å². The van der Waals surface area contributed by atoms with E-state index in [4.69, 9.17) is 79.3 Å². The first-order valence-corrected chi connectivity index (χ1v) is 14.6. The molecule has 4 aromatic carbocycles. The van der Waals surface area contributed by atoms with Crippen LogP contribution in [0.4, 0.5) is 0 Å². The number of aliphatic imine (C=N–C) groups is 1. The lowest BCUT2D eigenvalue weighted by molar-refractivity contribution is -0.00000910. The highest BCUT2D eigenvalue weighted by atomic mass is 35.5. The molecule has 211 valence electrons. The van der Waals surface area contributed by atoms with Crippen molar-refractivity contribution in [2.75, 3.05) is 0 Å². The molecule has 0 aromatic heterocycles. The minimum Gasteiger partial charge on any atom is -1.00 e. The van der Waals surface area contributed by atoms with Gasteiger partial charge in [0.15, 0.2) is 17.6 Å². The maximum absolute atomic E-state index is 7.26. The van der Waals surface area contributed by atoms with Gasteiger partial charge in [-0.3, -0.25) is 0 Å². The summed E-state index contributed by atoms with van der Waals surface area (Å²) in [7, 11) is 0. The molecule has 0 amide bonds. The van der Waals surface area contributed by atoms with Crippen LogP contribution < -0.4 is 17.4 Å². The first-order valence-electron chi connectivity index (χ1n) is 12.3. The number of amidine groups is 1. The molecule has 0 fully saturated rings. The summed E-state index contributed by atoms with van der Waals surface area (Å²) in [6.45, 7) is 0.213. The van der Waals surface area contributed by atoms with Gasteiger partial charge in [-0.15, -0.1) is 11.6 Å². The van der Waals surface area contributed by atoms with Crippen LogP contribution in [0.3, 0.4) is 0 Å². The Labute approximate surface area is 275 Å². The second-order valence-corrected chi connectivity index (χ2v) is 11.7. The highest BCUT2D eigenvalue weighted by molar-refractivity contribution is 6.35. The van der Waals surface area contributed by atoms with Gasteiger partial charge in [0.25, 0.3) is 0 Å². The summed E-state index contributed by atoms with van der Waals surface area (Å²) in [4.78, 5) is 6.75. The van der Waals surface area contributed by atoms with Gasteiger partial charge in [-0.25, -0.2) is 4.90 Å². The van der Waals surface area contributed by atoms with E-state index in [1.54, 1.807) is 18.3 Å². The van der Waals surface area contributed by atoms with Gasteiger partial charge in [0.2, 0.25) is 0 Å². The van der Waals surface area contributed by atoms with Crippen LogP contribution in [0, 0.1) is 0 Å². The second-order valence-electron chi connectivity index (χ2n) is 9.12. The molecule has 1 heterocycles. The predicted octanol–water partition coefficient (Wildman–Crippen LogP) is 7.13. The summed E-state index contributed by atoms with van der Waals surface area (Å²) in [6, 6.07) is 27.9. The average molecular weight is 687 g/mol. The van der Waals surface area contributed by atoms with Crippen LogP contribution in [0.15, 0.2) is 103 Å². The lowest BCUT2D eigenvalue weighted by Gasteiger charge is -2.28. The SMILES string of the molecule is Clc1ccc(C(OCc2ccc(Cl)cc2Cl)C(Cl)C2=[N+]C=CN2C(c2ccc(Cl)cc2)c2ccc(Cl)cc2)cc1.[Cl-]. The van der Waals surface area contributed by atoms with Crippen molar-refractivity contribution >= 4 is 75.4 Å². The van der Waals surface area contributed by atoms with Crippen molar-refractivity contribution in [2.24, 2.45) is 0 Å². The summed E-state index contributed by atoms with van der Waals surface area (Å²) in [5.41, 5.74) is 3.65. The summed E-state index contributed by atoms with van der Waals surface area (Å²) >= 11 is 38.4. The number of rotatable bonds is 9. The molecule has 1 aliphatic rings. The van der Waals surface area contributed by atoms with Crippen LogP contribution >= 0.6 is 69.6 Å².